The molecule has 100 valence electrons. The van der Waals surface area contributed by atoms with Crippen LogP contribution in [0.5, 0.6) is 0 Å². The number of hydrogen-bond donors (Lipinski definition) is 2. The highest BCUT2D eigenvalue weighted by Gasteiger charge is 2.16. The Morgan fingerprint density at radius 1 is 0.947 bits per heavy atom. The van der Waals surface area contributed by atoms with Gasteiger partial charge in [-0.1, -0.05) is 60.7 Å². The molecular weight excluding hydrogens is 238 g/mol. The van der Waals surface area contributed by atoms with Gasteiger partial charge in [-0.2, -0.15) is 0 Å². The molecule has 0 aliphatic rings. The largest absolute Gasteiger partial charge is 0.389 e. The van der Waals surface area contributed by atoms with Gasteiger partial charge < -0.3 is 15.6 Å². The van der Waals surface area contributed by atoms with E-state index in [0.29, 0.717) is 6.61 Å². The van der Waals surface area contributed by atoms with Crippen molar-refractivity contribution in [3.63, 3.8) is 0 Å². The number of rotatable bonds is 6. The monoisotopic (exact) mass is 257 g/mol. The van der Waals surface area contributed by atoms with Crippen molar-refractivity contribution in [1.82, 2.24) is 0 Å². The SMILES string of the molecule is N[C@@H](c1ccccc1)[C@H](O)COCc1ccccc1. The number of nitrogens with two attached hydrogens (primary N) is 1. The molecule has 2 aromatic rings. The van der Waals surface area contributed by atoms with Gasteiger partial charge in [0.05, 0.1) is 25.4 Å². The van der Waals surface area contributed by atoms with Crippen LogP contribution in [0.1, 0.15) is 17.2 Å². The topological polar surface area (TPSA) is 55.5 Å². The number of hydrogen-bond acceptors (Lipinski definition) is 3. The summed E-state index contributed by atoms with van der Waals surface area (Å²) in [5, 5.41) is 10.00. The molecule has 0 spiro atoms. The fourth-order valence-corrected chi connectivity index (χ4v) is 1.87. The molecule has 2 aromatic carbocycles. The average Bonchev–Trinajstić information content (AvgIpc) is 2.48. The van der Waals surface area contributed by atoms with Crippen LogP contribution < -0.4 is 5.73 Å². The molecule has 0 aromatic heterocycles. The van der Waals surface area contributed by atoms with Gasteiger partial charge in [-0.3, -0.25) is 0 Å². The van der Waals surface area contributed by atoms with E-state index in [1.54, 1.807) is 0 Å². The second-order valence-corrected chi connectivity index (χ2v) is 4.50. The zero-order valence-corrected chi connectivity index (χ0v) is 10.8. The molecule has 0 radical (unpaired) electrons. The van der Waals surface area contributed by atoms with Crippen LogP contribution in [-0.4, -0.2) is 17.8 Å². The third kappa shape index (κ3) is 4.17. The maximum absolute atomic E-state index is 10.00. The molecule has 0 saturated heterocycles. The molecule has 3 heteroatoms. The van der Waals surface area contributed by atoms with Gasteiger partial charge in [0.2, 0.25) is 0 Å². The summed E-state index contributed by atoms with van der Waals surface area (Å²) in [6.45, 7) is 0.713. The van der Waals surface area contributed by atoms with Crippen molar-refractivity contribution in [2.24, 2.45) is 5.73 Å². The summed E-state index contributed by atoms with van der Waals surface area (Å²) in [4.78, 5) is 0. The first-order valence-corrected chi connectivity index (χ1v) is 6.37. The zero-order chi connectivity index (χ0) is 13.5. The summed E-state index contributed by atoms with van der Waals surface area (Å²) in [5.74, 6) is 0. The Labute approximate surface area is 113 Å². The highest BCUT2D eigenvalue weighted by atomic mass is 16.5. The molecule has 2 atom stereocenters. The molecule has 0 fully saturated rings. The van der Waals surface area contributed by atoms with Gasteiger partial charge in [-0.05, 0) is 11.1 Å². The highest BCUT2D eigenvalue weighted by molar-refractivity contribution is 5.19. The van der Waals surface area contributed by atoms with Crippen molar-refractivity contribution in [3.8, 4) is 0 Å². The smallest absolute Gasteiger partial charge is 0.0965 e. The Kier molecular flexibility index (Phi) is 5.10. The zero-order valence-electron chi connectivity index (χ0n) is 10.8. The van der Waals surface area contributed by atoms with E-state index in [9.17, 15) is 5.11 Å². The molecule has 0 amide bonds. The second-order valence-electron chi connectivity index (χ2n) is 4.50. The second kappa shape index (κ2) is 7.04. The van der Waals surface area contributed by atoms with Crippen LogP contribution in [0.25, 0.3) is 0 Å². The van der Waals surface area contributed by atoms with E-state index in [1.807, 2.05) is 60.7 Å². The number of aliphatic hydroxyl groups excluding tert-OH is 1. The van der Waals surface area contributed by atoms with Crippen LogP contribution in [0.3, 0.4) is 0 Å². The van der Waals surface area contributed by atoms with E-state index in [1.165, 1.54) is 0 Å². The number of aliphatic hydroxyl groups is 1. The Bertz CT molecular complexity index is 473. The van der Waals surface area contributed by atoms with Crippen LogP contribution in [0.4, 0.5) is 0 Å². The molecule has 0 aliphatic heterocycles. The van der Waals surface area contributed by atoms with Gasteiger partial charge in [0.25, 0.3) is 0 Å². The van der Waals surface area contributed by atoms with E-state index in [4.69, 9.17) is 10.5 Å². The van der Waals surface area contributed by atoms with Crippen molar-refractivity contribution in [1.29, 1.82) is 0 Å². The lowest BCUT2D eigenvalue weighted by Crippen LogP contribution is -2.30. The Morgan fingerprint density at radius 2 is 1.53 bits per heavy atom. The fourth-order valence-electron chi connectivity index (χ4n) is 1.87. The lowest BCUT2D eigenvalue weighted by atomic mass is 10.0. The summed E-state index contributed by atoms with van der Waals surface area (Å²) in [5.41, 5.74) is 7.99. The van der Waals surface area contributed by atoms with Crippen molar-refractivity contribution >= 4 is 0 Å². The molecule has 3 nitrogen and oxygen atoms in total. The summed E-state index contributed by atoms with van der Waals surface area (Å²) in [6.07, 6.45) is -0.703. The number of benzene rings is 2. The van der Waals surface area contributed by atoms with E-state index in [2.05, 4.69) is 0 Å². The highest BCUT2D eigenvalue weighted by Crippen LogP contribution is 2.14. The third-order valence-electron chi connectivity index (χ3n) is 3.00. The van der Waals surface area contributed by atoms with Gasteiger partial charge in [0.15, 0.2) is 0 Å². The first-order valence-electron chi connectivity index (χ1n) is 6.37. The van der Waals surface area contributed by atoms with E-state index in [-0.39, 0.29) is 6.61 Å². The molecule has 0 unspecified atom stereocenters. The predicted octanol–water partition coefficient (Wildman–Crippen LogP) is 2.26. The van der Waals surface area contributed by atoms with Gasteiger partial charge in [0.1, 0.15) is 0 Å². The van der Waals surface area contributed by atoms with Gasteiger partial charge in [-0.25, -0.2) is 0 Å². The fraction of sp³-hybridized carbons (Fsp3) is 0.250. The summed E-state index contributed by atoms with van der Waals surface area (Å²) in [6, 6.07) is 19.0. The van der Waals surface area contributed by atoms with Crippen molar-refractivity contribution in [2.75, 3.05) is 6.61 Å². The predicted molar refractivity (Wildman–Crippen MR) is 75.5 cm³/mol. The molecule has 0 bridgehead atoms. The van der Waals surface area contributed by atoms with E-state index >= 15 is 0 Å². The van der Waals surface area contributed by atoms with Crippen LogP contribution in [0.15, 0.2) is 60.7 Å². The van der Waals surface area contributed by atoms with Crippen molar-refractivity contribution in [3.05, 3.63) is 71.8 Å². The quantitative estimate of drug-likeness (QED) is 0.834. The molecule has 0 saturated carbocycles. The Balaban J connectivity index is 1.80. The van der Waals surface area contributed by atoms with Crippen LogP contribution >= 0.6 is 0 Å². The normalized spacial score (nSPS) is 14.0. The van der Waals surface area contributed by atoms with Gasteiger partial charge >= 0.3 is 0 Å². The first-order chi connectivity index (χ1) is 9.27. The minimum atomic E-state index is -0.703. The molecule has 0 heterocycles. The molecule has 19 heavy (non-hydrogen) atoms. The maximum Gasteiger partial charge on any atom is 0.0965 e. The Morgan fingerprint density at radius 3 is 2.16 bits per heavy atom. The summed E-state index contributed by atoms with van der Waals surface area (Å²) >= 11 is 0. The Hall–Kier alpha value is -1.68. The lowest BCUT2D eigenvalue weighted by Gasteiger charge is -2.19. The van der Waals surface area contributed by atoms with E-state index in [0.717, 1.165) is 11.1 Å². The third-order valence-corrected chi connectivity index (χ3v) is 3.00. The van der Waals surface area contributed by atoms with Gasteiger partial charge in [-0.15, -0.1) is 0 Å². The summed E-state index contributed by atoms with van der Waals surface area (Å²) < 4.78 is 5.49. The van der Waals surface area contributed by atoms with Crippen molar-refractivity contribution < 1.29 is 9.84 Å². The summed E-state index contributed by atoms with van der Waals surface area (Å²) in [7, 11) is 0. The first kappa shape index (κ1) is 13.7. The molecule has 0 aliphatic carbocycles. The van der Waals surface area contributed by atoms with Crippen LogP contribution in [-0.2, 0) is 11.3 Å². The maximum atomic E-state index is 10.00. The van der Waals surface area contributed by atoms with Crippen LogP contribution in [0.2, 0.25) is 0 Å². The minimum absolute atomic E-state index is 0.227. The molecular formula is C16H19NO2. The minimum Gasteiger partial charge on any atom is -0.389 e. The lowest BCUT2D eigenvalue weighted by molar-refractivity contribution is 0.0156. The molecule has 3 N–H and O–H groups in total. The standard InChI is InChI=1S/C16H19NO2/c17-16(14-9-5-2-6-10-14)15(18)12-19-11-13-7-3-1-4-8-13/h1-10,15-16,18H,11-12,17H2/t15-,16+/m1/s1. The van der Waals surface area contributed by atoms with Crippen molar-refractivity contribution in [2.45, 2.75) is 18.8 Å². The van der Waals surface area contributed by atoms with Gasteiger partial charge in [0, 0.05) is 0 Å². The van der Waals surface area contributed by atoms with Crippen LogP contribution in [0, 0.1) is 0 Å². The number of ether oxygens (including phenoxy) is 1. The molecule has 2 rings (SSSR count). The average molecular weight is 257 g/mol. The van der Waals surface area contributed by atoms with E-state index < -0.39 is 12.1 Å².